The van der Waals surface area contributed by atoms with Crippen LogP contribution in [0.3, 0.4) is 0 Å². The molecule has 0 aliphatic heterocycles. The molecule has 0 unspecified atom stereocenters. The predicted molar refractivity (Wildman–Crippen MR) is 67.8 cm³/mol. The van der Waals surface area contributed by atoms with Gasteiger partial charge >= 0.3 is 11.9 Å². The van der Waals surface area contributed by atoms with E-state index in [2.05, 4.69) is 0 Å². The van der Waals surface area contributed by atoms with Crippen LogP contribution in [0.5, 0.6) is 0 Å². The third-order valence-electron chi connectivity index (χ3n) is 2.52. The van der Waals surface area contributed by atoms with E-state index in [0.717, 1.165) is 11.1 Å². The summed E-state index contributed by atoms with van der Waals surface area (Å²) in [5, 5.41) is 0. The van der Waals surface area contributed by atoms with Crippen LogP contribution in [-0.4, -0.2) is 25.2 Å². The summed E-state index contributed by atoms with van der Waals surface area (Å²) < 4.78 is 9.91. The van der Waals surface area contributed by atoms with Gasteiger partial charge in [-0.2, -0.15) is 0 Å². The maximum atomic E-state index is 11.8. The molecule has 0 amide bonds. The normalized spacial score (nSPS) is 10.0. The lowest BCUT2D eigenvalue weighted by Gasteiger charge is -2.11. The lowest BCUT2D eigenvalue weighted by Crippen LogP contribution is -2.12. The Morgan fingerprint density at radius 1 is 0.944 bits per heavy atom. The minimum Gasteiger partial charge on any atom is -0.462 e. The molecule has 1 rings (SSSR count). The SMILES string of the molecule is CCOC(=O)c1cc(C)c(C(=O)OCC)c(C)c1. The molecule has 0 bridgehead atoms. The number of carbonyl (C=O) groups excluding carboxylic acids is 2. The maximum absolute atomic E-state index is 11.8. The van der Waals surface area contributed by atoms with Crippen LogP contribution in [0.15, 0.2) is 12.1 Å². The Bertz CT molecular complexity index is 440. The molecule has 0 heterocycles. The Labute approximate surface area is 107 Å². The van der Waals surface area contributed by atoms with Crippen LogP contribution in [0.1, 0.15) is 45.7 Å². The molecule has 1 aromatic rings. The standard InChI is InChI=1S/C14H18O4/c1-5-17-13(15)11-7-9(3)12(10(4)8-11)14(16)18-6-2/h7-8H,5-6H2,1-4H3. The largest absolute Gasteiger partial charge is 0.462 e. The average molecular weight is 250 g/mol. The fraction of sp³-hybridized carbons (Fsp3) is 0.429. The summed E-state index contributed by atoms with van der Waals surface area (Å²) in [6.45, 7) is 7.73. The van der Waals surface area contributed by atoms with Crippen LogP contribution >= 0.6 is 0 Å². The van der Waals surface area contributed by atoms with Gasteiger partial charge in [-0.15, -0.1) is 0 Å². The summed E-state index contributed by atoms with van der Waals surface area (Å²) in [6, 6.07) is 3.30. The highest BCUT2D eigenvalue weighted by Crippen LogP contribution is 2.18. The summed E-state index contributed by atoms with van der Waals surface area (Å²) in [5.74, 6) is -0.734. The first-order valence-corrected chi connectivity index (χ1v) is 5.96. The molecule has 0 spiro atoms. The highest BCUT2D eigenvalue weighted by molar-refractivity contribution is 5.96. The molecular formula is C14H18O4. The van der Waals surface area contributed by atoms with Gasteiger partial charge < -0.3 is 9.47 Å². The van der Waals surface area contributed by atoms with Crippen LogP contribution in [0, 0.1) is 13.8 Å². The Hall–Kier alpha value is -1.84. The van der Waals surface area contributed by atoms with Gasteiger partial charge in [0.1, 0.15) is 0 Å². The first-order chi connectivity index (χ1) is 8.51. The van der Waals surface area contributed by atoms with Crippen LogP contribution in [-0.2, 0) is 9.47 Å². The molecule has 0 aliphatic carbocycles. The van der Waals surface area contributed by atoms with Gasteiger partial charge in [0, 0.05) is 0 Å². The summed E-state index contributed by atoms with van der Waals surface area (Å²) in [4.78, 5) is 23.4. The molecule has 18 heavy (non-hydrogen) atoms. The fourth-order valence-electron chi connectivity index (χ4n) is 1.82. The second-order valence-corrected chi connectivity index (χ2v) is 3.93. The van der Waals surface area contributed by atoms with Crippen LogP contribution in [0.25, 0.3) is 0 Å². The zero-order chi connectivity index (χ0) is 13.7. The quantitative estimate of drug-likeness (QED) is 0.771. The molecule has 0 aromatic heterocycles. The first kappa shape index (κ1) is 14.2. The van der Waals surface area contributed by atoms with E-state index in [9.17, 15) is 9.59 Å². The van der Waals surface area contributed by atoms with Crippen molar-refractivity contribution >= 4 is 11.9 Å². The Balaban J connectivity index is 3.12. The Morgan fingerprint density at radius 2 is 1.39 bits per heavy atom. The summed E-state index contributed by atoms with van der Waals surface area (Å²) >= 11 is 0. The van der Waals surface area contributed by atoms with Crippen molar-refractivity contribution in [2.75, 3.05) is 13.2 Å². The van der Waals surface area contributed by atoms with Crippen molar-refractivity contribution in [1.29, 1.82) is 0 Å². The van der Waals surface area contributed by atoms with E-state index in [1.807, 2.05) is 0 Å². The van der Waals surface area contributed by atoms with Gasteiger partial charge in [0.15, 0.2) is 0 Å². The number of benzene rings is 1. The first-order valence-electron chi connectivity index (χ1n) is 5.96. The minimum atomic E-state index is -0.376. The summed E-state index contributed by atoms with van der Waals surface area (Å²) in [6.07, 6.45) is 0. The summed E-state index contributed by atoms with van der Waals surface area (Å²) in [7, 11) is 0. The van der Waals surface area contributed by atoms with E-state index >= 15 is 0 Å². The van der Waals surface area contributed by atoms with Gasteiger partial charge in [-0.05, 0) is 51.0 Å². The van der Waals surface area contributed by atoms with Crippen LogP contribution < -0.4 is 0 Å². The number of aryl methyl sites for hydroxylation is 2. The molecule has 0 fully saturated rings. The van der Waals surface area contributed by atoms with Crippen LogP contribution in [0.4, 0.5) is 0 Å². The number of rotatable bonds is 4. The molecule has 0 saturated carbocycles. The molecule has 0 saturated heterocycles. The van der Waals surface area contributed by atoms with Gasteiger partial charge in [-0.1, -0.05) is 0 Å². The van der Waals surface area contributed by atoms with Crippen molar-refractivity contribution in [3.05, 3.63) is 34.4 Å². The number of hydrogen-bond acceptors (Lipinski definition) is 4. The van der Waals surface area contributed by atoms with Crippen LogP contribution in [0.2, 0.25) is 0 Å². The highest BCUT2D eigenvalue weighted by atomic mass is 16.5. The zero-order valence-corrected chi connectivity index (χ0v) is 11.2. The lowest BCUT2D eigenvalue weighted by atomic mass is 9.99. The molecule has 0 atom stereocenters. The maximum Gasteiger partial charge on any atom is 0.338 e. The predicted octanol–water partition coefficient (Wildman–Crippen LogP) is 2.66. The second-order valence-electron chi connectivity index (χ2n) is 3.93. The second kappa shape index (κ2) is 6.19. The van der Waals surface area contributed by atoms with Gasteiger partial charge in [-0.3, -0.25) is 0 Å². The fourth-order valence-corrected chi connectivity index (χ4v) is 1.82. The van der Waals surface area contributed by atoms with E-state index < -0.39 is 0 Å². The van der Waals surface area contributed by atoms with E-state index in [0.29, 0.717) is 24.3 Å². The van der Waals surface area contributed by atoms with E-state index in [-0.39, 0.29) is 11.9 Å². The van der Waals surface area contributed by atoms with E-state index in [4.69, 9.17) is 9.47 Å². The Morgan fingerprint density at radius 3 is 1.83 bits per heavy atom. The number of esters is 2. The van der Waals surface area contributed by atoms with Crippen molar-refractivity contribution in [3.63, 3.8) is 0 Å². The van der Waals surface area contributed by atoms with E-state index in [1.165, 1.54) is 0 Å². The third-order valence-corrected chi connectivity index (χ3v) is 2.52. The van der Waals surface area contributed by atoms with Crippen molar-refractivity contribution in [2.45, 2.75) is 27.7 Å². The van der Waals surface area contributed by atoms with Gasteiger partial charge in [0.2, 0.25) is 0 Å². The molecule has 0 aliphatic rings. The molecular weight excluding hydrogens is 232 g/mol. The highest BCUT2D eigenvalue weighted by Gasteiger charge is 2.17. The lowest BCUT2D eigenvalue weighted by molar-refractivity contribution is 0.0510. The summed E-state index contributed by atoms with van der Waals surface area (Å²) in [5.41, 5.74) is 2.41. The molecule has 0 radical (unpaired) electrons. The molecule has 98 valence electrons. The average Bonchev–Trinajstić information content (AvgIpc) is 2.28. The topological polar surface area (TPSA) is 52.6 Å². The van der Waals surface area contributed by atoms with Gasteiger partial charge in [-0.25, -0.2) is 9.59 Å². The van der Waals surface area contributed by atoms with Gasteiger partial charge in [0.25, 0.3) is 0 Å². The number of ether oxygens (including phenoxy) is 2. The molecule has 4 heteroatoms. The van der Waals surface area contributed by atoms with E-state index in [1.54, 1.807) is 39.8 Å². The van der Waals surface area contributed by atoms with Crippen molar-refractivity contribution in [3.8, 4) is 0 Å². The monoisotopic (exact) mass is 250 g/mol. The third kappa shape index (κ3) is 3.09. The Kier molecular flexibility index (Phi) is 4.89. The van der Waals surface area contributed by atoms with Gasteiger partial charge in [0.05, 0.1) is 24.3 Å². The number of carbonyl (C=O) groups is 2. The molecule has 0 N–H and O–H groups in total. The minimum absolute atomic E-state index is 0.330. The number of hydrogen-bond donors (Lipinski definition) is 0. The smallest absolute Gasteiger partial charge is 0.338 e. The molecule has 4 nitrogen and oxygen atoms in total. The van der Waals surface area contributed by atoms with Crippen molar-refractivity contribution < 1.29 is 19.1 Å². The van der Waals surface area contributed by atoms with Crippen molar-refractivity contribution in [1.82, 2.24) is 0 Å². The zero-order valence-electron chi connectivity index (χ0n) is 11.2. The molecule has 1 aromatic carbocycles. The van der Waals surface area contributed by atoms with Crippen molar-refractivity contribution in [2.24, 2.45) is 0 Å².